The van der Waals surface area contributed by atoms with Crippen molar-refractivity contribution in [1.82, 2.24) is 16.0 Å². The Morgan fingerprint density at radius 3 is 1.77 bits per heavy atom. The predicted molar refractivity (Wildman–Crippen MR) is 109 cm³/mol. The molecule has 14 nitrogen and oxygen atoms in total. The molecule has 0 aliphatic carbocycles. The third-order valence-corrected chi connectivity index (χ3v) is 4.12. The van der Waals surface area contributed by atoms with Gasteiger partial charge in [-0.2, -0.15) is 12.6 Å². The molecule has 4 unspecified atom stereocenters. The number of nitrogens with two attached hydrogens (primary N) is 3. The van der Waals surface area contributed by atoms with E-state index in [1.807, 2.05) is 0 Å². The fraction of sp³-hybridized carbons (Fsp3) is 0.667. The highest BCUT2D eigenvalue weighted by atomic mass is 32.1. The number of hydrogen-bond acceptors (Lipinski definition) is 9. The van der Waals surface area contributed by atoms with Crippen LogP contribution in [0.3, 0.4) is 0 Å². The van der Waals surface area contributed by atoms with Crippen molar-refractivity contribution in [2.24, 2.45) is 22.2 Å². The number of thiol groups is 1. The minimum atomic E-state index is -1.53. The number of guanidine groups is 1. The largest absolute Gasteiger partial charge is 0.480 e. The Hall–Kier alpha value is -2.62. The minimum absolute atomic E-state index is 0.00691. The third kappa shape index (κ3) is 10.2. The van der Waals surface area contributed by atoms with E-state index < -0.39 is 61.1 Å². The van der Waals surface area contributed by atoms with Gasteiger partial charge in [0.25, 0.3) is 0 Å². The first-order chi connectivity index (χ1) is 14.1. The van der Waals surface area contributed by atoms with Crippen molar-refractivity contribution in [3.8, 4) is 0 Å². The van der Waals surface area contributed by atoms with Gasteiger partial charge in [-0.3, -0.25) is 19.4 Å². The van der Waals surface area contributed by atoms with Crippen LogP contribution >= 0.6 is 12.6 Å². The van der Waals surface area contributed by atoms with Crippen molar-refractivity contribution in [3.63, 3.8) is 0 Å². The monoisotopic (exact) mass is 451 g/mol. The molecular formula is C15H29N7O7S. The maximum atomic E-state index is 12.3. The molecule has 0 spiro atoms. The Bertz CT molecular complexity index is 630. The highest BCUT2D eigenvalue weighted by molar-refractivity contribution is 7.80. The first-order valence-electron chi connectivity index (χ1n) is 8.84. The summed E-state index contributed by atoms with van der Waals surface area (Å²) in [6, 6.07) is -5.32. The molecule has 0 radical (unpaired) electrons. The summed E-state index contributed by atoms with van der Waals surface area (Å²) in [4.78, 5) is 51.2. The lowest BCUT2D eigenvalue weighted by molar-refractivity contribution is -0.142. The van der Waals surface area contributed by atoms with Crippen molar-refractivity contribution in [2.75, 3.05) is 25.5 Å². The van der Waals surface area contributed by atoms with Crippen LogP contribution in [-0.4, -0.2) is 94.6 Å². The van der Waals surface area contributed by atoms with E-state index in [4.69, 9.17) is 17.2 Å². The zero-order valence-corrected chi connectivity index (χ0v) is 17.0. The normalized spacial score (nSPS) is 14.5. The van der Waals surface area contributed by atoms with Gasteiger partial charge in [-0.15, -0.1) is 0 Å². The van der Waals surface area contributed by atoms with Crippen molar-refractivity contribution in [1.29, 1.82) is 0 Å². The zero-order valence-electron chi connectivity index (χ0n) is 16.2. The molecule has 0 rings (SSSR count). The minimum Gasteiger partial charge on any atom is -0.480 e. The molecule has 4 atom stereocenters. The van der Waals surface area contributed by atoms with Crippen LogP contribution in [0.5, 0.6) is 0 Å². The van der Waals surface area contributed by atoms with Gasteiger partial charge < -0.3 is 48.5 Å². The molecule has 0 saturated carbocycles. The Balaban J connectivity index is 4.92. The summed E-state index contributed by atoms with van der Waals surface area (Å²) in [7, 11) is 0. The molecule has 0 aliphatic heterocycles. The fourth-order valence-corrected chi connectivity index (χ4v) is 2.22. The number of aliphatic hydroxyl groups excluding tert-OH is 2. The van der Waals surface area contributed by atoms with Gasteiger partial charge in [-0.05, 0) is 12.8 Å². The third-order valence-electron chi connectivity index (χ3n) is 3.72. The molecule has 0 fully saturated rings. The molecule has 15 heteroatoms. The second-order valence-corrected chi connectivity index (χ2v) is 6.49. The maximum absolute atomic E-state index is 12.3. The summed E-state index contributed by atoms with van der Waals surface area (Å²) in [5.74, 6) is -4.21. The number of nitrogens with one attached hydrogen (secondary N) is 3. The van der Waals surface area contributed by atoms with E-state index in [0.717, 1.165) is 0 Å². The van der Waals surface area contributed by atoms with E-state index in [9.17, 15) is 34.5 Å². The van der Waals surface area contributed by atoms with Crippen LogP contribution in [0.2, 0.25) is 0 Å². The molecule has 0 saturated heterocycles. The number of carboxylic acids is 1. The molecule has 0 aromatic carbocycles. The molecular weight excluding hydrogens is 422 g/mol. The molecule has 3 amide bonds. The lowest BCUT2D eigenvalue weighted by Crippen LogP contribution is -2.59. The summed E-state index contributed by atoms with van der Waals surface area (Å²) >= 11 is 3.84. The van der Waals surface area contributed by atoms with E-state index in [1.54, 1.807) is 0 Å². The summed E-state index contributed by atoms with van der Waals surface area (Å²) < 4.78 is 0. The van der Waals surface area contributed by atoms with Gasteiger partial charge in [0.1, 0.15) is 18.1 Å². The average molecular weight is 452 g/mol. The lowest BCUT2D eigenvalue weighted by atomic mass is 10.1. The molecule has 30 heavy (non-hydrogen) atoms. The molecule has 0 heterocycles. The number of nitrogens with zero attached hydrogens (tertiary/aromatic N) is 1. The fourth-order valence-electron chi connectivity index (χ4n) is 2.06. The van der Waals surface area contributed by atoms with Crippen LogP contribution in [-0.2, 0) is 19.2 Å². The van der Waals surface area contributed by atoms with Crippen LogP contribution in [0, 0.1) is 0 Å². The number of amides is 3. The van der Waals surface area contributed by atoms with E-state index in [0.29, 0.717) is 0 Å². The molecule has 0 bridgehead atoms. The summed E-state index contributed by atoms with van der Waals surface area (Å²) in [5, 5.41) is 34.4. The van der Waals surface area contributed by atoms with Crippen molar-refractivity contribution >= 4 is 42.3 Å². The highest BCUT2D eigenvalue weighted by Crippen LogP contribution is 2.00. The molecule has 172 valence electrons. The van der Waals surface area contributed by atoms with Gasteiger partial charge in [0.15, 0.2) is 5.96 Å². The number of carbonyl (C=O) groups excluding carboxylic acids is 3. The van der Waals surface area contributed by atoms with Gasteiger partial charge in [0, 0.05) is 12.3 Å². The zero-order chi connectivity index (χ0) is 23.3. The first-order valence-corrected chi connectivity index (χ1v) is 9.48. The molecule has 0 aliphatic rings. The van der Waals surface area contributed by atoms with E-state index in [2.05, 4.69) is 33.6 Å². The van der Waals surface area contributed by atoms with Gasteiger partial charge in [0.2, 0.25) is 17.7 Å². The maximum Gasteiger partial charge on any atom is 0.326 e. The summed E-state index contributed by atoms with van der Waals surface area (Å²) in [6.45, 7) is -1.52. The van der Waals surface area contributed by atoms with Crippen molar-refractivity contribution in [2.45, 2.75) is 37.0 Å². The summed E-state index contributed by atoms with van der Waals surface area (Å²) in [6.07, 6.45) is 0.232. The Labute approximate surface area is 178 Å². The van der Waals surface area contributed by atoms with Gasteiger partial charge in [0.05, 0.1) is 19.3 Å². The smallest absolute Gasteiger partial charge is 0.326 e. The number of aliphatic imine (C=N–C) groups is 1. The van der Waals surface area contributed by atoms with Crippen LogP contribution in [0.4, 0.5) is 0 Å². The second kappa shape index (κ2) is 14.4. The number of carboxylic acid groups (broad SMARTS) is 1. The quantitative estimate of drug-likeness (QED) is 0.0519. The average Bonchev–Trinajstić information content (AvgIpc) is 2.70. The van der Waals surface area contributed by atoms with Crippen LogP contribution in [0.25, 0.3) is 0 Å². The Kier molecular flexibility index (Phi) is 13.1. The van der Waals surface area contributed by atoms with Gasteiger partial charge >= 0.3 is 5.97 Å². The molecule has 0 aromatic rings. The SMILES string of the molecule is NC(N)=NCCCC(NC(=O)C(CO)NC(=O)C(CO)NC(=O)C(N)CS)C(=O)O. The molecule has 12 N–H and O–H groups in total. The highest BCUT2D eigenvalue weighted by Gasteiger charge is 2.29. The van der Waals surface area contributed by atoms with E-state index in [-0.39, 0.29) is 31.1 Å². The number of rotatable bonds is 14. The van der Waals surface area contributed by atoms with Crippen molar-refractivity contribution < 1.29 is 34.5 Å². The number of aliphatic hydroxyl groups is 2. The van der Waals surface area contributed by atoms with Crippen LogP contribution in [0.1, 0.15) is 12.8 Å². The number of hydrogen-bond donors (Lipinski definition) is 10. The lowest BCUT2D eigenvalue weighted by Gasteiger charge is -2.23. The van der Waals surface area contributed by atoms with E-state index >= 15 is 0 Å². The Morgan fingerprint density at radius 1 is 0.900 bits per heavy atom. The predicted octanol–water partition coefficient (Wildman–Crippen LogP) is -5.18. The Morgan fingerprint density at radius 2 is 1.37 bits per heavy atom. The van der Waals surface area contributed by atoms with Gasteiger partial charge in [-0.1, -0.05) is 0 Å². The first kappa shape index (κ1) is 27.4. The number of aliphatic carboxylic acids is 1. The standard InChI is InChI=1S/C15H29N7O7S/c16-7(6-30)11(25)21-9(4-23)13(27)22-10(5-24)12(26)20-8(14(28)29)2-1-3-19-15(17)18/h7-10,23-24,30H,1-6,16H2,(H,20,26)(H,21,25)(H,22,27)(H,28,29)(H4,17,18,19). The van der Waals surface area contributed by atoms with Crippen LogP contribution in [0.15, 0.2) is 4.99 Å². The second-order valence-electron chi connectivity index (χ2n) is 6.12. The number of carbonyl (C=O) groups is 4. The van der Waals surface area contributed by atoms with E-state index in [1.165, 1.54) is 0 Å². The van der Waals surface area contributed by atoms with Crippen molar-refractivity contribution in [3.05, 3.63) is 0 Å². The molecule has 0 aromatic heterocycles. The van der Waals surface area contributed by atoms with Crippen LogP contribution < -0.4 is 33.2 Å². The summed E-state index contributed by atoms with van der Waals surface area (Å²) in [5.41, 5.74) is 15.8. The van der Waals surface area contributed by atoms with Gasteiger partial charge in [-0.25, -0.2) is 4.79 Å². The topological polar surface area (TPSA) is 255 Å².